The highest BCUT2D eigenvalue weighted by molar-refractivity contribution is 6.39. The molecule has 118 valence electrons. The van der Waals surface area contributed by atoms with Gasteiger partial charge in [0.25, 0.3) is 5.91 Å². The lowest BCUT2D eigenvalue weighted by atomic mass is 10.1. The minimum Gasteiger partial charge on any atom is -0.383 e. The number of amides is 1. The van der Waals surface area contributed by atoms with Crippen molar-refractivity contribution in [2.24, 2.45) is 0 Å². The van der Waals surface area contributed by atoms with Crippen LogP contribution in [0.25, 0.3) is 11.3 Å². The molecule has 1 heterocycles. The number of aryl methyl sites for hydroxylation is 1. The summed E-state index contributed by atoms with van der Waals surface area (Å²) in [7, 11) is 1.57. The average molecular weight is 343 g/mol. The van der Waals surface area contributed by atoms with Gasteiger partial charge in [-0.1, -0.05) is 34.4 Å². The van der Waals surface area contributed by atoms with Gasteiger partial charge in [0.05, 0.1) is 16.7 Å². The van der Waals surface area contributed by atoms with Crippen LogP contribution in [0.1, 0.15) is 23.0 Å². The normalized spacial score (nSPS) is 12.2. The van der Waals surface area contributed by atoms with E-state index in [1.807, 2.05) is 6.92 Å². The zero-order valence-electron chi connectivity index (χ0n) is 12.4. The Labute approximate surface area is 138 Å². The van der Waals surface area contributed by atoms with Gasteiger partial charge in [0.15, 0.2) is 0 Å². The van der Waals surface area contributed by atoms with Crippen molar-refractivity contribution < 1.29 is 14.1 Å². The van der Waals surface area contributed by atoms with Crippen molar-refractivity contribution >= 4 is 29.1 Å². The van der Waals surface area contributed by atoms with E-state index in [4.69, 9.17) is 32.5 Å². The number of aromatic nitrogens is 1. The van der Waals surface area contributed by atoms with Crippen LogP contribution in [0.2, 0.25) is 10.0 Å². The molecule has 5 nitrogen and oxygen atoms in total. The summed E-state index contributed by atoms with van der Waals surface area (Å²) in [5.74, 6) is 0.0855. The molecule has 1 atom stereocenters. The van der Waals surface area contributed by atoms with E-state index in [0.29, 0.717) is 39.2 Å². The largest absolute Gasteiger partial charge is 0.383 e. The second-order valence-electron chi connectivity index (χ2n) is 4.89. The standard InChI is InChI=1S/C15H16Cl2N2O3/c1-8(7-21-3)18-15(20)12-9(2)22-19-14(12)13-10(16)5-4-6-11(13)17/h4-6,8H,7H2,1-3H3,(H,18,20)/t8-/m1/s1. The van der Waals surface area contributed by atoms with Crippen LogP contribution in [0.5, 0.6) is 0 Å². The molecule has 2 aromatic rings. The molecule has 0 saturated heterocycles. The van der Waals surface area contributed by atoms with Gasteiger partial charge in [0, 0.05) is 18.7 Å². The number of halogens is 2. The Kier molecular flexibility index (Phi) is 5.45. The predicted octanol–water partition coefficient (Wildman–Crippen LogP) is 3.72. The van der Waals surface area contributed by atoms with E-state index in [0.717, 1.165) is 0 Å². The van der Waals surface area contributed by atoms with Gasteiger partial charge in [0.1, 0.15) is 17.0 Å². The number of rotatable bonds is 5. The van der Waals surface area contributed by atoms with E-state index in [9.17, 15) is 4.79 Å². The number of benzene rings is 1. The predicted molar refractivity (Wildman–Crippen MR) is 85.5 cm³/mol. The lowest BCUT2D eigenvalue weighted by molar-refractivity contribution is 0.0904. The molecule has 0 aliphatic rings. The summed E-state index contributed by atoms with van der Waals surface area (Å²) in [6, 6.07) is 4.94. The quantitative estimate of drug-likeness (QED) is 0.899. The van der Waals surface area contributed by atoms with Crippen molar-refractivity contribution in [2.75, 3.05) is 13.7 Å². The van der Waals surface area contributed by atoms with Crippen LogP contribution >= 0.6 is 23.2 Å². The fourth-order valence-corrected chi connectivity index (χ4v) is 2.70. The molecule has 1 aromatic carbocycles. The molecule has 0 bridgehead atoms. The van der Waals surface area contributed by atoms with Crippen molar-refractivity contribution in [3.8, 4) is 11.3 Å². The second-order valence-corrected chi connectivity index (χ2v) is 5.70. The zero-order valence-corrected chi connectivity index (χ0v) is 14.0. The summed E-state index contributed by atoms with van der Waals surface area (Å²) in [4.78, 5) is 12.5. The SMILES string of the molecule is COC[C@@H](C)NC(=O)c1c(-c2c(Cl)cccc2Cl)noc1C. The van der Waals surface area contributed by atoms with Gasteiger partial charge in [-0.3, -0.25) is 4.79 Å². The first-order valence-electron chi connectivity index (χ1n) is 6.66. The molecule has 0 radical (unpaired) electrons. The van der Waals surface area contributed by atoms with E-state index in [2.05, 4.69) is 10.5 Å². The summed E-state index contributed by atoms with van der Waals surface area (Å²) in [5, 5.41) is 7.57. The lowest BCUT2D eigenvalue weighted by Crippen LogP contribution is -2.36. The molecule has 0 saturated carbocycles. The Bertz CT molecular complexity index is 665. The third-order valence-corrected chi connectivity index (χ3v) is 3.71. The van der Waals surface area contributed by atoms with Crippen molar-refractivity contribution in [1.82, 2.24) is 10.5 Å². The summed E-state index contributed by atoms with van der Waals surface area (Å²) >= 11 is 12.4. The zero-order chi connectivity index (χ0) is 16.3. The molecule has 0 spiro atoms. The maximum atomic E-state index is 12.5. The van der Waals surface area contributed by atoms with Gasteiger partial charge < -0.3 is 14.6 Å². The van der Waals surface area contributed by atoms with E-state index >= 15 is 0 Å². The number of carbonyl (C=O) groups excluding carboxylic acids is 1. The van der Waals surface area contributed by atoms with E-state index < -0.39 is 0 Å². The molecular weight excluding hydrogens is 327 g/mol. The van der Waals surface area contributed by atoms with Crippen LogP contribution in [0.4, 0.5) is 0 Å². The number of methoxy groups -OCH3 is 1. The third-order valence-electron chi connectivity index (χ3n) is 3.08. The molecule has 2 rings (SSSR count). The Hall–Kier alpha value is -1.56. The summed E-state index contributed by atoms with van der Waals surface area (Å²) < 4.78 is 10.2. The summed E-state index contributed by atoms with van der Waals surface area (Å²) in [6.45, 7) is 3.90. The Morgan fingerprint density at radius 1 is 1.41 bits per heavy atom. The topological polar surface area (TPSA) is 64.4 Å². The smallest absolute Gasteiger partial charge is 0.257 e. The number of nitrogens with one attached hydrogen (secondary N) is 1. The van der Waals surface area contributed by atoms with Gasteiger partial charge in [0.2, 0.25) is 0 Å². The molecule has 1 N–H and O–H groups in total. The molecule has 1 amide bonds. The Balaban J connectivity index is 2.42. The molecule has 0 unspecified atom stereocenters. The minimum absolute atomic E-state index is 0.152. The fourth-order valence-electron chi connectivity index (χ4n) is 2.12. The van der Waals surface area contributed by atoms with Crippen molar-refractivity contribution in [3.05, 3.63) is 39.6 Å². The van der Waals surface area contributed by atoms with Crippen LogP contribution in [0, 0.1) is 6.92 Å². The van der Waals surface area contributed by atoms with Gasteiger partial charge >= 0.3 is 0 Å². The highest BCUT2D eigenvalue weighted by atomic mass is 35.5. The number of hydrogen-bond acceptors (Lipinski definition) is 4. The summed E-state index contributed by atoms with van der Waals surface area (Å²) in [6.07, 6.45) is 0. The summed E-state index contributed by atoms with van der Waals surface area (Å²) in [5.41, 5.74) is 1.13. The van der Waals surface area contributed by atoms with E-state index in [-0.39, 0.29) is 11.9 Å². The van der Waals surface area contributed by atoms with E-state index in [1.54, 1.807) is 32.2 Å². The lowest BCUT2D eigenvalue weighted by Gasteiger charge is -2.13. The number of nitrogens with zero attached hydrogens (tertiary/aromatic N) is 1. The van der Waals surface area contributed by atoms with Crippen LogP contribution in [-0.4, -0.2) is 30.8 Å². The van der Waals surface area contributed by atoms with Crippen LogP contribution < -0.4 is 5.32 Å². The Morgan fingerprint density at radius 3 is 2.64 bits per heavy atom. The van der Waals surface area contributed by atoms with Crippen molar-refractivity contribution in [3.63, 3.8) is 0 Å². The fraction of sp³-hybridized carbons (Fsp3) is 0.333. The molecule has 1 aromatic heterocycles. The number of ether oxygens (including phenoxy) is 1. The molecule has 22 heavy (non-hydrogen) atoms. The first-order chi connectivity index (χ1) is 10.5. The molecule has 7 heteroatoms. The van der Waals surface area contributed by atoms with Crippen LogP contribution in [0.15, 0.2) is 22.7 Å². The molecule has 0 aliphatic carbocycles. The maximum Gasteiger partial charge on any atom is 0.257 e. The third kappa shape index (κ3) is 3.43. The van der Waals surface area contributed by atoms with Crippen molar-refractivity contribution in [1.29, 1.82) is 0 Å². The molecule has 0 aliphatic heterocycles. The monoisotopic (exact) mass is 342 g/mol. The first kappa shape index (κ1) is 16.8. The number of hydrogen-bond donors (Lipinski definition) is 1. The minimum atomic E-state index is -0.311. The van der Waals surface area contributed by atoms with Crippen LogP contribution in [-0.2, 0) is 4.74 Å². The highest BCUT2D eigenvalue weighted by Crippen LogP contribution is 2.36. The maximum absolute atomic E-state index is 12.5. The first-order valence-corrected chi connectivity index (χ1v) is 7.41. The van der Waals surface area contributed by atoms with Gasteiger partial charge in [-0.15, -0.1) is 0 Å². The average Bonchev–Trinajstić information content (AvgIpc) is 2.80. The Morgan fingerprint density at radius 2 is 2.05 bits per heavy atom. The van der Waals surface area contributed by atoms with E-state index in [1.165, 1.54) is 0 Å². The van der Waals surface area contributed by atoms with Gasteiger partial charge in [-0.2, -0.15) is 0 Å². The van der Waals surface area contributed by atoms with Crippen LogP contribution in [0.3, 0.4) is 0 Å². The van der Waals surface area contributed by atoms with Crippen molar-refractivity contribution in [2.45, 2.75) is 19.9 Å². The molecular formula is C15H16Cl2N2O3. The van der Waals surface area contributed by atoms with Gasteiger partial charge in [-0.05, 0) is 26.0 Å². The van der Waals surface area contributed by atoms with Gasteiger partial charge in [-0.25, -0.2) is 0 Å². The molecule has 0 fully saturated rings. The second kappa shape index (κ2) is 7.13. The highest BCUT2D eigenvalue weighted by Gasteiger charge is 2.25. The number of carbonyl (C=O) groups is 1.